The summed E-state index contributed by atoms with van der Waals surface area (Å²) in [6, 6.07) is 2.08. The molecular weight excluding hydrogens is 264 g/mol. The smallest absolute Gasteiger partial charge is 0.254 e. The van der Waals surface area contributed by atoms with Crippen LogP contribution in [-0.2, 0) is 6.54 Å². The Morgan fingerprint density at radius 2 is 1.86 bits per heavy atom. The third kappa shape index (κ3) is 3.50. The summed E-state index contributed by atoms with van der Waals surface area (Å²) in [5.41, 5.74) is 0.977. The minimum Gasteiger partial charge on any atom is -0.357 e. The number of nitrogens with zero attached hydrogens (tertiary/aromatic N) is 6. The number of hydrogen-bond acceptors (Lipinski definition) is 5. The second-order valence-electron chi connectivity index (χ2n) is 5.41. The van der Waals surface area contributed by atoms with Crippen LogP contribution < -0.4 is 4.90 Å². The molecular formula is C15H26N6. The zero-order valence-electron chi connectivity index (χ0n) is 13.8. The van der Waals surface area contributed by atoms with E-state index in [1.54, 1.807) is 0 Å². The molecule has 2 aromatic rings. The van der Waals surface area contributed by atoms with Gasteiger partial charge in [-0.1, -0.05) is 6.92 Å². The Morgan fingerprint density at radius 3 is 2.48 bits per heavy atom. The lowest BCUT2D eigenvalue weighted by atomic mass is 10.4. The maximum Gasteiger partial charge on any atom is 0.254 e. The molecule has 0 N–H and O–H groups in total. The van der Waals surface area contributed by atoms with Crippen LogP contribution in [-0.4, -0.2) is 51.2 Å². The number of rotatable bonds is 7. The third-order valence-corrected chi connectivity index (χ3v) is 3.57. The van der Waals surface area contributed by atoms with E-state index in [-0.39, 0.29) is 0 Å². The lowest BCUT2D eigenvalue weighted by Gasteiger charge is -2.21. The van der Waals surface area contributed by atoms with Crippen molar-refractivity contribution in [3.05, 3.63) is 17.6 Å². The van der Waals surface area contributed by atoms with Crippen LogP contribution in [0.1, 0.15) is 38.7 Å². The SMILES string of the molecule is CCCN(C)Cc1nc2nc(C)cc(N(CC)CC)n2n1. The molecule has 6 heteroatoms. The highest BCUT2D eigenvalue weighted by Gasteiger charge is 2.14. The Morgan fingerprint density at radius 1 is 1.14 bits per heavy atom. The Kier molecular flexibility index (Phi) is 5.12. The molecule has 0 aliphatic rings. The molecule has 0 radical (unpaired) electrons. The normalized spacial score (nSPS) is 11.5. The fourth-order valence-electron chi connectivity index (χ4n) is 2.55. The van der Waals surface area contributed by atoms with Crippen molar-refractivity contribution in [2.45, 2.75) is 40.7 Å². The highest BCUT2D eigenvalue weighted by Crippen LogP contribution is 2.16. The van der Waals surface area contributed by atoms with E-state index in [0.717, 1.165) is 49.9 Å². The standard InChI is InChI=1S/C15H26N6/c1-6-9-19(5)11-13-17-15-16-12(4)10-14(21(15)18-13)20(7-2)8-3/h10H,6-9,11H2,1-5H3. The van der Waals surface area contributed by atoms with Crippen molar-refractivity contribution >= 4 is 11.6 Å². The molecule has 21 heavy (non-hydrogen) atoms. The zero-order chi connectivity index (χ0) is 15.4. The van der Waals surface area contributed by atoms with Gasteiger partial charge in [0.1, 0.15) is 5.82 Å². The average Bonchev–Trinajstić information content (AvgIpc) is 2.82. The molecule has 0 unspecified atom stereocenters. The Bertz CT molecular complexity index is 587. The Balaban J connectivity index is 2.39. The van der Waals surface area contributed by atoms with Gasteiger partial charge in [-0.3, -0.25) is 4.90 Å². The summed E-state index contributed by atoms with van der Waals surface area (Å²) >= 11 is 0. The summed E-state index contributed by atoms with van der Waals surface area (Å²) in [4.78, 5) is 13.6. The topological polar surface area (TPSA) is 49.6 Å². The van der Waals surface area contributed by atoms with Crippen LogP contribution in [0.2, 0.25) is 0 Å². The molecule has 0 atom stereocenters. The highest BCUT2D eigenvalue weighted by atomic mass is 15.4. The fraction of sp³-hybridized carbons (Fsp3) is 0.667. The Labute approximate surface area is 126 Å². The third-order valence-electron chi connectivity index (χ3n) is 3.57. The van der Waals surface area contributed by atoms with Gasteiger partial charge < -0.3 is 4.90 Å². The van der Waals surface area contributed by atoms with Crippen LogP contribution in [0.5, 0.6) is 0 Å². The van der Waals surface area contributed by atoms with E-state index < -0.39 is 0 Å². The summed E-state index contributed by atoms with van der Waals surface area (Å²) in [5.74, 6) is 2.59. The second kappa shape index (κ2) is 6.85. The first-order valence-corrected chi connectivity index (χ1v) is 7.75. The van der Waals surface area contributed by atoms with Crippen molar-refractivity contribution < 1.29 is 0 Å². The quantitative estimate of drug-likeness (QED) is 0.782. The molecule has 2 rings (SSSR count). The van der Waals surface area contributed by atoms with Gasteiger partial charge in [-0.25, -0.2) is 4.98 Å². The van der Waals surface area contributed by atoms with Crippen molar-refractivity contribution in [2.24, 2.45) is 0 Å². The summed E-state index contributed by atoms with van der Waals surface area (Å²) in [6.45, 7) is 12.2. The van der Waals surface area contributed by atoms with Crippen LogP contribution in [0.3, 0.4) is 0 Å². The molecule has 0 aliphatic carbocycles. The van der Waals surface area contributed by atoms with Crippen LogP contribution in [0.25, 0.3) is 5.78 Å². The summed E-state index contributed by atoms with van der Waals surface area (Å²) < 4.78 is 1.87. The van der Waals surface area contributed by atoms with E-state index in [4.69, 9.17) is 0 Å². The fourth-order valence-corrected chi connectivity index (χ4v) is 2.55. The van der Waals surface area contributed by atoms with Gasteiger partial charge in [-0.05, 0) is 40.8 Å². The molecule has 0 aromatic carbocycles. The van der Waals surface area contributed by atoms with Crippen LogP contribution in [0.4, 0.5) is 5.82 Å². The van der Waals surface area contributed by atoms with Crippen LogP contribution in [0.15, 0.2) is 6.07 Å². The second-order valence-corrected chi connectivity index (χ2v) is 5.41. The van der Waals surface area contributed by atoms with Crippen LogP contribution >= 0.6 is 0 Å². The average molecular weight is 290 g/mol. The van der Waals surface area contributed by atoms with Gasteiger partial charge in [0.25, 0.3) is 5.78 Å². The molecule has 0 aliphatic heterocycles. The Hall–Kier alpha value is -1.69. The lowest BCUT2D eigenvalue weighted by Crippen LogP contribution is -2.25. The van der Waals surface area contributed by atoms with Crippen LogP contribution in [0, 0.1) is 6.92 Å². The van der Waals surface area contributed by atoms with Gasteiger partial charge >= 0.3 is 0 Å². The maximum absolute atomic E-state index is 4.65. The molecule has 0 saturated carbocycles. The number of hydrogen-bond donors (Lipinski definition) is 0. The van der Waals surface area contributed by atoms with E-state index >= 15 is 0 Å². The minimum atomic E-state index is 0.691. The largest absolute Gasteiger partial charge is 0.357 e. The minimum absolute atomic E-state index is 0.691. The lowest BCUT2D eigenvalue weighted by molar-refractivity contribution is 0.319. The number of anilines is 1. The summed E-state index contributed by atoms with van der Waals surface area (Å²) in [6.07, 6.45) is 1.13. The van der Waals surface area contributed by atoms with E-state index in [1.807, 2.05) is 11.4 Å². The first-order chi connectivity index (χ1) is 10.1. The predicted octanol–water partition coefficient (Wildman–Crippen LogP) is 2.12. The van der Waals surface area contributed by atoms with E-state index in [2.05, 4.69) is 58.8 Å². The molecule has 2 aromatic heterocycles. The van der Waals surface area contributed by atoms with Crippen molar-refractivity contribution in [1.29, 1.82) is 0 Å². The van der Waals surface area contributed by atoms with Crippen molar-refractivity contribution in [3.8, 4) is 0 Å². The molecule has 2 heterocycles. The highest BCUT2D eigenvalue weighted by molar-refractivity contribution is 5.47. The van der Waals surface area contributed by atoms with Gasteiger partial charge in [-0.2, -0.15) is 9.50 Å². The van der Waals surface area contributed by atoms with Gasteiger partial charge in [0.15, 0.2) is 5.82 Å². The van der Waals surface area contributed by atoms with E-state index in [1.165, 1.54) is 0 Å². The molecule has 0 fully saturated rings. The van der Waals surface area contributed by atoms with Gasteiger partial charge in [0.05, 0.1) is 6.54 Å². The van der Waals surface area contributed by atoms with E-state index in [9.17, 15) is 0 Å². The predicted molar refractivity (Wildman–Crippen MR) is 85.7 cm³/mol. The van der Waals surface area contributed by atoms with Crippen molar-refractivity contribution in [1.82, 2.24) is 24.5 Å². The molecule has 0 bridgehead atoms. The molecule has 0 saturated heterocycles. The monoisotopic (exact) mass is 290 g/mol. The van der Waals surface area contributed by atoms with Crippen molar-refractivity contribution in [2.75, 3.05) is 31.6 Å². The molecule has 0 spiro atoms. The molecule has 0 amide bonds. The first-order valence-electron chi connectivity index (χ1n) is 7.75. The number of aryl methyl sites for hydroxylation is 1. The zero-order valence-corrected chi connectivity index (χ0v) is 13.8. The van der Waals surface area contributed by atoms with E-state index in [0.29, 0.717) is 5.78 Å². The maximum atomic E-state index is 4.65. The van der Waals surface area contributed by atoms with Gasteiger partial charge in [0, 0.05) is 24.8 Å². The van der Waals surface area contributed by atoms with Gasteiger partial charge in [0.2, 0.25) is 0 Å². The first kappa shape index (κ1) is 15.7. The number of fused-ring (bicyclic) bond motifs is 1. The number of aromatic nitrogens is 4. The molecule has 116 valence electrons. The summed E-state index contributed by atoms with van der Waals surface area (Å²) in [5, 5.41) is 4.65. The molecule has 6 nitrogen and oxygen atoms in total. The van der Waals surface area contributed by atoms with Crippen molar-refractivity contribution in [3.63, 3.8) is 0 Å². The summed E-state index contributed by atoms with van der Waals surface area (Å²) in [7, 11) is 2.10. The van der Waals surface area contributed by atoms with Gasteiger partial charge in [-0.15, -0.1) is 5.10 Å².